The van der Waals surface area contributed by atoms with Gasteiger partial charge in [-0.2, -0.15) is 0 Å². The maximum Gasteiger partial charge on any atom is 0.162 e. The summed E-state index contributed by atoms with van der Waals surface area (Å²) in [5.74, 6) is 3.12. The molecule has 0 spiro atoms. The average Bonchev–Trinajstić information content (AvgIpc) is 2.86. The summed E-state index contributed by atoms with van der Waals surface area (Å²) in [7, 11) is 3.29. The van der Waals surface area contributed by atoms with Gasteiger partial charge in [0.1, 0.15) is 12.1 Å². The van der Waals surface area contributed by atoms with Gasteiger partial charge in [0, 0.05) is 30.6 Å². The maximum absolute atomic E-state index is 5.44. The quantitative estimate of drug-likeness (QED) is 0.926. The number of ether oxygens (including phenoxy) is 2. The Morgan fingerprint density at radius 2 is 1.95 bits per heavy atom. The van der Waals surface area contributed by atoms with Crippen molar-refractivity contribution in [1.82, 2.24) is 15.3 Å². The molecule has 2 unspecified atom stereocenters. The lowest BCUT2D eigenvalue weighted by Crippen LogP contribution is -2.39. The van der Waals surface area contributed by atoms with E-state index in [2.05, 4.69) is 20.2 Å². The van der Waals surface area contributed by atoms with Crippen molar-refractivity contribution in [1.29, 1.82) is 0 Å². The summed E-state index contributed by atoms with van der Waals surface area (Å²) in [6.07, 6.45) is 2.88. The smallest absolute Gasteiger partial charge is 0.162 e. The Kier molecular flexibility index (Phi) is 3.26. The van der Waals surface area contributed by atoms with Crippen LogP contribution in [0.1, 0.15) is 6.42 Å². The van der Waals surface area contributed by atoms with Crippen molar-refractivity contribution in [3.63, 3.8) is 0 Å². The monoisotopic (exact) mass is 300 g/mol. The van der Waals surface area contributed by atoms with E-state index in [-0.39, 0.29) is 0 Å². The molecular formula is C16H20N4O2. The van der Waals surface area contributed by atoms with Crippen molar-refractivity contribution >= 4 is 16.7 Å². The molecule has 1 aromatic carbocycles. The first-order chi connectivity index (χ1) is 10.8. The van der Waals surface area contributed by atoms with Gasteiger partial charge in [-0.15, -0.1) is 0 Å². The van der Waals surface area contributed by atoms with E-state index in [1.54, 1.807) is 20.5 Å². The van der Waals surface area contributed by atoms with Crippen LogP contribution in [0.15, 0.2) is 18.5 Å². The minimum atomic E-state index is 0.518. The zero-order chi connectivity index (χ0) is 15.1. The highest BCUT2D eigenvalue weighted by Gasteiger charge is 2.36. The molecule has 2 aliphatic rings. The normalized spacial score (nSPS) is 23.8. The molecule has 1 N–H and O–H groups in total. The highest BCUT2D eigenvalue weighted by Crippen LogP contribution is 2.37. The van der Waals surface area contributed by atoms with Gasteiger partial charge in [0.25, 0.3) is 0 Å². The van der Waals surface area contributed by atoms with Gasteiger partial charge >= 0.3 is 0 Å². The molecule has 1 aromatic heterocycles. The van der Waals surface area contributed by atoms with Crippen molar-refractivity contribution in [3.05, 3.63) is 18.5 Å². The SMILES string of the molecule is COc1cc2ncnc(N3CC4CNCC3C4)c2cc1OC. The molecule has 4 rings (SSSR count). The number of rotatable bonds is 3. The molecule has 2 atom stereocenters. The molecule has 2 saturated heterocycles. The molecule has 0 saturated carbocycles. The van der Waals surface area contributed by atoms with Crippen LogP contribution in [-0.2, 0) is 0 Å². The fourth-order valence-electron chi connectivity index (χ4n) is 3.67. The van der Waals surface area contributed by atoms with Crippen molar-refractivity contribution in [2.45, 2.75) is 12.5 Å². The summed E-state index contributed by atoms with van der Waals surface area (Å²) in [5.41, 5.74) is 0.886. The first-order valence-electron chi connectivity index (χ1n) is 7.64. The first-order valence-corrected chi connectivity index (χ1v) is 7.64. The fraction of sp³-hybridized carbons (Fsp3) is 0.500. The summed E-state index contributed by atoms with van der Waals surface area (Å²) in [6.45, 7) is 3.18. The van der Waals surface area contributed by atoms with Crippen LogP contribution in [-0.4, -0.2) is 49.9 Å². The standard InChI is InChI=1S/C16H20N4O2/c1-21-14-4-12-13(5-15(14)22-2)18-9-19-16(12)20-8-10-3-11(20)7-17-6-10/h4-5,9-11,17H,3,6-8H2,1-2H3. The van der Waals surface area contributed by atoms with E-state index >= 15 is 0 Å². The average molecular weight is 300 g/mol. The van der Waals surface area contributed by atoms with Crippen LogP contribution >= 0.6 is 0 Å². The van der Waals surface area contributed by atoms with Crippen LogP contribution in [0.5, 0.6) is 11.5 Å². The number of aromatic nitrogens is 2. The van der Waals surface area contributed by atoms with Gasteiger partial charge in [-0.1, -0.05) is 0 Å². The molecule has 0 amide bonds. The zero-order valence-electron chi connectivity index (χ0n) is 12.9. The number of hydrogen-bond acceptors (Lipinski definition) is 6. The Bertz CT molecular complexity index is 706. The highest BCUT2D eigenvalue weighted by atomic mass is 16.5. The van der Waals surface area contributed by atoms with Crippen molar-refractivity contribution < 1.29 is 9.47 Å². The molecule has 3 heterocycles. The Morgan fingerprint density at radius 3 is 2.73 bits per heavy atom. The van der Waals surface area contributed by atoms with Crippen molar-refractivity contribution in [2.75, 3.05) is 38.8 Å². The van der Waals surface area contributed by atoms with Crippen LogP contribution < -0.4 is 19.7 Å². The molecule has 6 heteroatoms. The summed E-state index contributed by atoms with van der Waals surface area (Å²) < 4.78 is 10.8. The predicted octanol–water partition coefficient (Wildman–Crippen LogP) is 1.45. The van der Waals surface area contributed by atoms with E-state index in [4.69, 9.17) is 9.47 Å². The lowest BCUT2D eigenvalue weighted by molar-refractivity contribution is 0.356. The Labute approximate surface area is 129 Å². The molecule has 0 aliphatic carbocycles. The van der Waals surface area contributed by atoms with Gasteiger partial charge in [0.2, 0.25) is 0 Å². The van der Waals surface area contributed by atoms with Gasteiger partial charge in [-0.05, 0) is 24.9 Å². The third-order valence-electron chi connectivity index (χ3n) is 4.71. The van der Waals surface area contributed by atoms with E-state index in [9.17, 15) is 0 Å². The van der Waals surface area contributed by atoms with Crippen LogP contribution in [0.2, 0.25) is 0 Å². The van der Waals surface area contributed by atoms with Crippen molar-refractivity contribution in [3.8, 4) is 11.5 Å². The Morgan fingerprint density at radius 1 is 1.14 bits per heavy atom. The second-order valence-electron chi connectivity index (χ2n) is 5.99. The van der Waals surface area contributed by atoms with Gasteiger partial charge in [-0.25, -0.2) is 9.97 Å². The molecule has 2 fully saturated rings. The number of benzene rings is 1. The molecule has 2 aliphatic heterocycles. The maximum atomic E-state index is 5.44. The molecule has 116 valence electrons. The number of nitrogens with one attached hydrogen (secondary N) is 1. The van der Waals surface area contributed by atoms with Gasteiger partial charge < -0.3 is 19.7 Å². The van der Waals surface area contributed by atoms with E-state index in [1.807, 2.05) is 12.1 Å². The molecule has 6 nitrogen and oxygen atoms in total. The topological polar surface area (TPSA) is 59.5 Å². The van der Waals surface area contributed by atoms with E-state index in [1.165, 1.54) is 6.42 Å². The zero-order valence-corrected chi connectivity index (χ0v) is 12.9. The summed E-state index contributed by atoms with van der Waals surface area (Å²) >= 11 is 0. The number of hydrogen-bond donors (Lipinski definition) is 1. The fourth-order valence-corrected chi connectivity index (χ4v) is 3.67. The van der Waals surface area contributed by atoms with Crippen LogP contribution in [0.25, 0.3) is 10.9 Å². The number of methoxy groups -OCH3 is 2. The minimum Gasteiger partial charge on any atom is -0.493 e. The molecule has 0 radical (unpaired) electrons. The molecule has 2 bridgehead atoms. The number of fused-ring (bicyclic) bond motifs is 3. The lowest BCUT2D eigenvalue weighted by Gasteiger charge is -2.26. The first kappa shape index (κ1) is 13.6. The summed E-state index contributed by atoms with van der Waals surface area (Å²) in [5, 5.41) is 4.53. The van der Waals surface area contributed by atoms with Gasteiger partial charge in [0.05, 0.1) is 19.7 Å². The lowest BCUT2D eigenvalue weighted by atomic mass is 10.0. The van der Waals surface area contributed by atoms with Crippen LogP contribution in [0, 0.1) is 5.92 Å². The molecule has 22 heavy (non-hydrogen) atoms. The third-order valence-corrected chi connectivity index (χ3v) is 4.71. The molecule has 2 aromatic rings. The highest BCUT2D eigenvalue weighted by molar-refractivity contribution is 5.92. The number of piperidine rings is 1. The van der Waals surface area contributed by atoms with Crippen molar-refractivity contribution in [2.24, 2.45) is 5.92 Å². The second-order valence-corrected chi connectivity index (χ2v) is 5.99. The minimum absolute atomic E-state index is 0.518. The van der Waals surface area contributed by atoms with Gasteiger partial charge in [0.15, 0.2) is 11.5 Å². The van der Waals surface area contributed by atoms with E-state index < -0.39 is 0 Å². The van der Waals surface area contributed by atoms with Gasteiger partial charge in [-0.3, -0.25) is 0 Å². The molecular weight excluding hydrogens is 280 g/mol. The van der Waals surface area contributed by atoms with E-state index in [0.29, 0.717) is 23.5 Å². The predicted molar refractivity (Wildman–Crippen MR) is 84.8 cm³/mol. The Hall–Kier alpha value is -2.08. The van der Waals surface area contributed by atoms with Crippen LogP contribution in [0.4, 0.5) is 5.82 Å². The number of anilines is 1. The second kappa shape index (κ2) is 5.28. The third kappa shape index (κ3) is 2.06. The summed E-state index contributed by atoms with van der Waals surface area (Å²) in [6, 6.07) is 4.42. The number of nitrogens with zero attached hydrogens (tertiary/aromatic N) is 3. The largest absolute Gasteiger partial charge is 0.493 e. The van der Waals surface area contributed by atoms with E-state index in [0.717, 1.165) is 36.4 Å². The Balaban J connectivity index is 1.84. The van der Waals surface area contributed by atoms with Crippen LogP contribution in [0.3, 0.4) is 0 Å². The summed E-state index contributed by atoms with van der Waals surface area (Å²) in [4.78, 5) is 11.4.